The van der Waals surface area contributed by atoms with Crippen molar-refractivity contribution >= 4 is 26.8 Å². The fraction of sp³-hybridized carbons (Fsp3) is 0.207. The summed E-state index contributed by atoms with van der Waals surface area (Å²) in [7, 11) is -3.93. The number of carbonyl (C=O) groups is 1. The fourth-order valence-electron chi connectivity index (χ4n) is 4.40. The van der Waals surface area contributed by atoms with Crippen molar-refractivity contribution in [3.63, 3.8) is 0 Å². The van der Waals surface area contributed by atoms with Crippen LogP contribution in [0.1, 0.15) is 30.9 Å². The maximum absolute atomic E-state index is 13.1. The number of amides is 1. The predicted molar refractivity (Wildman–Crippen MR) is 144 cm³/mol. The fourth-order valence-corrected chi connectivity index (χ4v) is 5.69. The lowest BCUT2D eigenvalue weighted by Crippen LogP contribution is -2.45. The maximum Gasteiger partial charge on any atom is 0.263 e. The second-order valence-electron chi connectivity index (χ2n) is 9.03. The lowest BCUT2D eigenvalue weighted by molar-refractivity contribution is -0.131. The van der Waals surface area contributed by atoms with Crippen LogP contribution < -0.4 is 4.72 Å². The van der Waals surface area contributed by atoms with Crippen LogP contribution in [0.2, 0.25) is 0 Å². The lowest BCUT2D eigenvalue weighted by atomic mass is 9.83. The first-order valence-corrected chi connectivity index (χ1v) is 13.4. The molecular weight excluding hydrogens is 500 g/mol. The molecule has 0 radical (unpaired) electrons. The lowest BCUT2D eigenvalue weighted by Gasteiger charge is -2.38. The SMILES string of the molecule is C#C/C(=C\C=C(/C)NS(=O)(=O)c1cccc2cccnc12)C(=O)N1CCC(O)(c2cccc(C#N)c2)CC1. The van der Waals surface area contributed by atoms with Gasteiger partial charge in [-0.1, -0.05) is 36.3 Å². The molecule has 0 unspecified atom stereocenters. The number of pyridine rings is 1. The number of hydrogen-bond donors (Lipinski definition) is 2. The van der Waals surface area contributed by atoms with Crippen molar-refractivity contribution in [1.82, 2.24) is 14.6 Å². The van der Waals surface area contributed by atoms with Gasteiger partial charge in [0.1, 0.15) is 4.90 Å². The van der Waals surface area contributed by atoms with Crippen LogP contribution in [0.15, 0.2) is 89.1 Å². The summed E-state index contributed by atoms with van der Waals surface area (Å²) in [6.45, 7) is 2.10. The van der Waals surface area contributed by atoms with Crippen LogP contribution >= 0.6 is 0 Å². The molecule has 2 N–H and O–H groups in total. The van der Waals surface area contributed by atoms with Gasteiger partial charge in [0.05, 0.1) is 28.3 Å². The van der Waals surface area contributed by atoms with Gasteiger partial charge in [-0.15, -0.1) is 6.42 Å². The highest BCUT2D eigenvalue weighted by molar-refractivity contribution is 7.89. The number of nitrogens with zero attached hydrogens (tertiary/aromatic N) is 3. The van der Waals surface area contributed by atoms with E-state index in [9.17, 15) is 18.3 Å². The van der Waals surface area contributed by atoms with Crippen LogP contribution in [0.3, 0.4) is 0 Å². The Labute approximate surface area is 222 Å². The van der Waals surface area contributed by atoms with E-state index in [1.54, 1.807) is 60.4 Å². The quantitative estimate of drug-likeness (QED) is 0.288. The minimum absolute atomic E-state index is 0.0432. The molecule has 1 fully saturated rings. The average molecular weight is 527 g/mol. The van der Waals surface area contributed by atoms with Crippen molar-refractivity contribution in [3.8, 4) is 18.4 Å². The summed E-state index contributed by atoms with van der Waals surface area (Å²) in [6.07, 6.45) is 10.6. The van der Waals surface area contributed by atoms with Gasteiger partial charge in [0.15, 0.2) is 0 Å². The number of nitriles is 1. The molecule has 0 spiro atoms. The number of rotatable bonds is 6. The standard InChI is InChI=1S/C29H26N4O4S/c1-3-23(28(34)33-17-14-29(35,15-18-33)25-10-4-7-22(19-25)20-30)13-12-21(2)32-38(36,37)26-11-5-8-24-9-6-16-31-27(24)26/h1,4-13,16,19,32,35H,14-15,17-18H2,2H3/b21-12+,23-13+. The smallest absolute Gasteiger partial charge is 0.263 e. The summed E-state index contributed by atoms with van der Waals surface area (Å²) in [4.78, 5) is 18.9. The number of allylic oxidation sites excluding steroid dienone is 3. The minimum Gasteiger partial charge on any atom is -0.385 e. The first kappa shape index (κ1) is 26.6. The number of piperidine rings is 1. The van der Waals surface area contributed by atoms with Crippen molar-refractivity contribution in [2.75, 3.05) is 13.1 Å². The van der Waals surface area contributed by atoms with E-state index in [4.69, 9.17) is 11.7 Å². The Hall–Kier alpha value is -4.44. The third-order valence-corrected chi connectivity index (χ3v) is 7.97. The molecule has 0 aliphatic carbocycles. The topological polar surface area (TPSA) is 123 Å². The molecular formula is C29H26N4O4S. The van der Waals surface area contributed by atoms with Crippen molar-refractivity contribution in [3.05, 3.63) is 95.3 Å². The van der Waals surface area contributed by atoms with E-state index in [0.29, 0.717) is 34.9 Å². The Balaban J connectivity index is 1.46. The van der Waals surface area contributed by atoms with E-state index in [1.165, 1.54) is 24.4 Å². The highest BCUT2D eigenvalue weighted by atomic mass is 32.2. The second-order valence-corrected chi connectivity index (χ2v) is 10.7. The van der Waals surface area contributed by atoms with Gasteiger partial charge in [0, 0.05) is 30.4 Å². The largest absolute Gasteiger partial charge is 0.385 e. The Morgan fingerprint density at radius 2 is 1.87 bits per heavy atom. The highest BCUT2D eigenvalue weighted by Crippen LogP contribution is 2.33. The summed E-state index contributed by atoms with van der Waals surface area (Å²) >= 11 is 0. The van der Waals surface area contributed by atoms with Gasteiger partial charge in [0.2, 0.25) is 0 Å². The number of aliphatic hydroxyl groups is 1. The van der Waals surface area contributed by atoms with Crippen LogP contribution in [0.25, 0.3) is 10.9 Å². The number of para-hydroxylation sites is 1. The number of likely N-dealkylation sites (tertiary alicyclic amines) is 1. The zero-order chi connectivity index (χ0) is 27.3. The first-order chi connectivity index (χ1) is 18.2. The summed E-state index contributed by atoms with van der Waals surface area (Å²) in [6, 6.07) is 17.3. The zero-order valence-corrected chi connectivity index (χ0v) is 21.6. The number of hydrogen-bond acceptors (Lipinski definition) is 6. The van der Waals surface area contributed by atoms with E-state index >= 15 is 0 Å². The molecule has 1 aromatic heterocycles. The molecule has 38 heavy (non-hydrogen) atoms. The second kappa shape index (κ2) is 10.9. The van der Waals surface area contributed by atoms with E-state index < -0.39 is 15.6 Å². The molecule has 192 valence electrons. The third-order valence-electron chi connectivity index (χ3n) is 6.47. The highest BCUT2D eigenvalue weighted by Gasteiger charge is 2.36. The van der Waals surface area contributed by atoms with Gasteiger partial charge in [-0.05, 0) is 61.7 Å². The molecule has 0 bridgehead atoms. The number of aromatic nitrogens is 1. The molecule has 1 saturated heterocycles. The number of nitrogens with one attached hydrogen (secondary N) is 1. The molecule has 3 aromatic rings. The summed E-state index contributed by atoms with van der Waals surface area (Å²) < 4.78 is 28.5. The average Bonchev–Trinajstić information content (AvgIpc) is 2.93. The molecule has 4 rings (SSSR count). The van der Waals surface area contributed by atoms with Crippen molar-refractivity contribution in [2.45, 2.75) is 30.3 Å². The predicted octanol–water partition coefficient (Wildman–Crippen LogP) is 3.36. The molecule has 0 atom stereocenters. The monoisotopic (exact) mass is 526 g/mol. The van der Waals surface area contributed by atoms with E-state index in [-0.39, 0.29) is 35.2 Å². The van der Waals surface area contributed by atoms with E-state index in [0.717, 1.165) is 0 Å². The van der Waals surface area contributed by atoms with Crippen LogP contribution in [0.5, 0.6) is 0 Å². The Morgan fingerprint density at radius 1 is 1.16 bits per heavy atom. The first-order valence-electron chi connectivity index (χ1n) is 11.9. The van der Waals surface area contributed by atoms with Crippen LogP contribution in [0.4, 0.5) is 0 Å². The normalized spacial score (nSPS) is 15.9. The minimum atomic E-state index is -3.93. The summed E-state index contributed by atoms with van der Waals surface area (Å²) in [5.41, 5.74) is 0.644. The van der Waals surface area contributed by atoms with Crippen molar-refractivity contribution in [1.29, 1.82) is 5.26 Å². The number of carbonyl (C=O) groups excluding carboxylic acids is 1. The van der Waals surface area contributed by atoms with Gasteiger partial charge in [-0.3, -0.25) is 14.5 Å². The van der Waals surface area contributed by atoms with Gasteiger partial charge in [-0.2, -0.15) is 5.26 Å². The zero-order valence-electron chi connectivity index (χ0n) is 20.8. The number of benzene rings is 2. The maximum atomic E-state index is 13.1. The molecule has 1 aliphatic rings. The molecule has 1 aliphatic heterocycles. The molecule has 0 saturated carbocycles. The Kier molecular flexibility index (Phi) is 7.63. The van der Waals surface area contributed by atoms with Crippen molar-refractivity contribution in [2.24, 2.45) is 0 Å². The Morgan fingerprint density at radius 3 is 2.58 bits per heavy atom. The van der Waals surface area contributed by atoms with Crippen LogP contribution in [-0.4, -0.2) is 42.4 Å². The number of terminal acetylenes is 1. The molecule has 2 heterocycles. The van der Waals surface area contributed by atoms with Crippen molar-refractivity contribution < 1.29 is 18.3 Å². The van der Waals surface area contributed by atoms with Gasteiger partial charge in [0.25, 0.3) is 15.9 Å². The number of fused-ring (bicyclic) bond motifs is 1. The van der Waals surface area contributed by atoms with Crippen LogP contribution in [0, 0.1) is 23.7 Å². The van der Waals surface area contributed by atoms with E-state index in [2.05, 4.69) is 21.7 Å². The van der Waals surface area contributed by atoms with Gasteiger partial charge < -0.3 is 10.0 Å². The molecule has 9 heteroatoms. The van der Waals surface area contributed by atoms with Gasteiger partial charge >= 0.3 is 0 Å². The van der Waals surface area contributed by atoms with Crippen LogP contribution in [-0.2, 0) is 20.4 Å². The third kappa shape index (κ3) is 5.60. The van der Waals surface area contributed by atoms with E-state index in [1.807, 2.05) is 0 Å². The summed E-state index contributed by atoms with van der Waals surface area (Å²) in [5.74, 6) is 2.00. The summed E-state index contributed by atoms with van der Waals surface area (Å²) in [5, 5.41) is 21.0. The Bertz CT molecular complexity index is 1630. The molecule has 8 nitrogen and oxygen atoms in total. The number of sulfonamides is 1. The molecule has 1 amide bonds. The van der Waals surface area contributed by atoms with Gasteiger partial charge in [-0.25, -0.2) is 8.42 Å². The molecule has 2 aromatic carbocycles.